The molecule has 0 aromatic rings. The molecule has 0 aromatic heterocycles. The van der Waals surface area contributed by atoms with Crippen molar-refractivity contribution in [1.82, 2.24) is 0 Å². The molecule has 2 N–H and O–H groups in total. The van der Waals surface area contributed by atoms with Crippen LogP contribution in [-0.4, -0.2) is 297 Å². The van der Waals surface area contributed by atoms with Gasteiger partial charge in [-0.15, -0.1) is 0 Å². The third-order valence-electron chi connectivity index (χ3n) is 12.2. The van der Waals surface area contributed by atoms with Gasteiger partial charge in [-0.3, -0.25) is 0 Å². The predicted molar refractivity (Wildman–Crippen MR) is 327 cm³/mol. The van der Waals surface area contributed by atoms with Crippen LogP contribution in [0.3, 0.4) is 0 Å². The van der Waals surface area contributed by atoms with Crippen LogP contribution < -0.4 is 5.73 Å². The maximum atomic E-state index is 5.71. The fourth-order valence-corrected chi connectivity index (χ4v) is 7.56. The predicted octanol–water partition coefficient (Wildman–Crippen LogP) is 6.57. The Balaban J connectivity index is 3.08. The lowest BCUT2D eigenvalue weighted by Crippen LogP contribution is -2.16. The number of hydrogen-bond acceptors (Lipinski definition) is 23. The minimum absolute atomic E-state index is 0.491. The van der Waals surface area contributed by atoms with Crippen molar-refractivity contribution in [2.45, 2.75) is 110 Å². The molecule has 0 amide bonds. The normalized spacial score (nSPS) is 11.8. The number of unbranched alkanes of at least 4 members (excludes halogenated alkanes) is 15. The summed E-state index contributed by atoms with van der Waals surface area (Å²) >= 11 is 0. The molecule has 0 atom stereocenters. The lowest BCUT2D eigenvalue weighted by Gasteiger charge is -2.09. The van der Waals surface area contributed by atoms with E-state index in [2.05, 4.69) is 6.92 Å². The van der Waals surface area contributed by atoms with Crippen molar-refractivity contribution in [2.24, 2.45) is 5.73 Å². The minimum Gasteiger partial charge on any atom is -0.379 e. The smallest absolute Gasteiger partial charge is 0.0701 e. The van der Waals surface area contributed by atoms with Crippen molar-refractivity contribution < 1.29 is 104 Å². The van der Waals surface area contributed by atoms with E-state index in [1.54, 1.807) is 0 Å². The average molecular weight is 1240 g/mol. The van der Waals surface area contributed by atoms with Gasteiger partial charge in [0, 0.05) is 13.2 Å². The third kappa shape index (κ3) is 83.1. The summed E-state index contributed by atoms with van der Waals surface area (Å²) in [5.41, 5.74) is 5.35. The Morgan fingerprint density at radius 2 is 0.235 bits per heavy atom. The summed E-state index contributed by atoms with van der Waals surface area (Å²) in [4.78, 5) is 0. The molecule has 0 saturated heterocycles. The number of nitrogens with two attached hydrogens (primary N) is 1. The average Bonchev–Trinajstić information content (AvgIpc) is 3.51. The molecule has 0 aliphatic rings. The molecule has 0 rings (SSSR count). The van der Waals surface area contributed by atoms with E-state index in [9.17, 15) is 0 Å². The van der Waals surface area contributed by atoms with Crippen molar-refractivity contribution in [3.8, 4) is 0 Å². The summed E-state index contributed by atoms with van der Waals surface area (Å²) in [5.74, 6) is 0. The highest BCUT2D eigenvalue weighted by molar-refractivity contribution is 4.51. The Morgan fingerprint density at radius 3 is 0.365 bits per heavy atom. The van der Waals surface area contributed by atoms with Crippen LogP contribution in [-0.2, 0) is 104 Å². The topological polar surface area (TPSA) is 229 Å². The highest BCUT2D eigenvalue weighted by atomic mass is 16.6. The molecule has 0 bridgehead atoms. The zero-order chi connectivity index (χ0) is 60.7. The van der Waals surface area contributed by atoms with Gasteiger partial charge in [0.2, 0.25) is 0 Å². The molecule has 23 heteroatoms. The monoisotopic (exact) mass is 1240 g/mol. The van der Waals surface area contributed by atoms with Crippen molar-refractivity contribution in [1.29, 1.82) is 0 Å². The van der Waals surface area contributed by atoms with Crippen LogP contribution in [0.2, 0.25) is 0 Å². The Labute approximate surface area is 515 Å². The van der Waals surface area contributed by atoms with Gasteiger partial charge in [-0.2, -0.15) is 0 Å². The molecule has 85 heavy (non-hydrogen) atoms. The second-order valence-electron chi connectivity index (χ2n) is 19.6. The Bertz CT molecular complexity index is 1050. The molecule has 0 radical (unpaired) electrons. The number of rotatable bonds is 82. The molecule has 0 spiro atoms. The van der Waals surface area contributed by atoms with Crippen molar-refractivity contribution in [3.05, 3.63) is 0 Å². The van der Waals surface area contributed by atoms with Gasteiger partial charge in [-0.05, 0) is 6.42 Å². The molecular formula is C62H127NO22. The Hall–Kier alpha value is -0.920. The number of hydrogen-bond donors (Lipinski definition) is 1. The fourth-order valence-electron chi connectivity index (χ4n) is 7.56. The number of ether oxygens (including phenoxy) is 22. The first kappa shape index (κ1) is 84.1. The van der Waals surface area contributed by atoms with Gasteiger partial charge in [0.1, 0.15) is 0 Å². The van der Waals surface area contributed by atoms with Gasteiger partial charge in [0.05, 0.1) is 284 Å². The third-order valence-corrected chi connectivity index (χ3v) is 12.2. The highest BCUT2D eigenvalue weighted by Crippen LogP contribution is 2.14. The first-order chi connectivity index (χ1) is 42.4. The summed E-state index contributed by atoms with van der Waals surface area (Å²) < 4.78 is 121. The molecule has 0 aliphatic carbocycles. The van der Waals surface area contributed by atoms with E-state index in [4.69, 9.17) is 110 Å². The molecule has 0 unspecified atom stereocenters. The summed E-state index contributed by atoms with van der Waals surface area (Å²) in [6, 6.07) is 0. The van der Waals surface area contributed by atoms with Crippen LogP contribution in [0.25, 0.3) is 0 Å². The Morgan fingerprint density at radius 1 is 0.129 bits per heavy atom. The summed E-state index contributed by atoms with van der Waals surface area (Å²) in [7, 11) is 0. The summed E-state index contributed by atoms with van der Waals surface area (Å²) in [6.07, 6.45) is 22.1. The van der Waals surface area contributed by atoms with Crippen molar-refractivity contribution >= 4 is 0 Å². The van der Waals surface area contributed by atoms with Gasteiger partial charge in [0.25, 0.3) is 0 Å². The van der Waals surface area contributed by atoms with E-state index < -0.39 is 0 Å². The lowest BCUT2D eigenvalue weighted by molar-refractivity contribution is -0.0317. The van der Waals surface area contributed by atoms with Crippen LogP contribution in [0.1, 0.15) is 110 Å². The fraction of sp³-hybridized carbons (Fsp3) is 1.00. The van der Waals surface area contributed by atoms with Gasteiger partial charge < -0.3 is 110 Å². The van der Waals surface area contributed by atoms with Crippen LogP contribution in [0.4, 0.5) is 0 Å². The van der Waals surface area contributed by atoms with E-state index in [-0.39, 0.29) is 0 Å². The Kier molecular flexibility index (Phi) is 82.2. The van der Waals surface area contributed by atoms with E-state index >= 15 is 0 Å². The van der Waals surface area contributed by atoms with Gasteiger partial charge in [-0.25, -0.2) is 0 Å². The summed E-state index contributed by atoms with van der Waals surface area (Å²) in [5, 5.41) is 0. The van der Waals surface area contributed by atoms with E-state index in [1.807, 2.05) is 0 Å². The van der Waals surface area contributed by atoms with Crippen LogP contribution in [0.5, 0.6) is 0 Å². The van der Waals surface area contributed by atoms with Crippen LogP contribution >= 0.6 is 0 Å². The first-order valence-electron chi connectivity index (χ1n) is 32.8. The highest BCUT2D eigenvalue weighted by Gasteiger charge is 2.01. The molecule has 0 aliphatic heterocycles. The zero-order valence-electron chi connectivity index (χ0n) is 53.7. The van der Waals surface area contributed by atoms with Gasteiger partial charge in [-0.1, -0.05) is 103 Å². The van der Waals surface area contributed by atoms with E-state index in [0.29, 0.717) is 291 Å². The SMILES string of the molecule is CCCCCCCCCCCCCCCCCCOCCOCCOCCOCCOCCOCCOCCOCCOCCOCCOCCOCCOCCOCCOCCOCCOCCOCCOCCOCCOCCOCCN. The van der Waals surface area contributed by atoms with Crippen molar-refractivity contribution in [2.75, 3.05) is 297 Å². The standard InChI is InChI=1S/C62H127NO22/c1-2-3-4-5-6-7-8-9-10-11-12-13-14-15-16-17-19-64-21-23-66-25-27-68-29-31-70-33-35-72-37-39-74-41-43-76-45-47-78-49-51-80-53-55-82-57-59-84-61-62-85-60-58-83-56-54-81-52-50-79-48-46-77-44-42-75-40-38-73-36-34-71-32-30-69-28-26-67-24-22-65-20-18-63/h2-63H2,1H3. The molecule has 512 valence electrons. The molecule has 0 heterocycles. The van der Waals surface area contributed by atoms with E-state index in [0.717, 1.165) is 13.0 Å². The maximum Gasteiger partial charge on any atom is 0.0701 e. The van der Waals surface area contributed by atoms with E-state index in [1.165, 1.54) is 96.3 Å². The zero-order valence-corrected chi connectivity index (χ0v) is 53.7. The minimum atomic E-state index is 0.491. The van der Waals surface area contributed by atoms with Crippen molar-refractivity contribution in [3.63, 3.8) is 0 Å². The first-order valence-corrected chi connectivity index (χ1v) is 32.8. The molecular weight excluding hydrogens is 1110 g/mol. The largest absolute Gasteiger partial charge is 0.379 e. The summed E-state index contributed by atoms with van der Waals surface area (Å²) in [6.45, 7) is 25.7. The van der Waals surface area contributed by atoms with Gasteiger partial charge >= 0.3 is 0 Å². The molecule has 0 aromatic carbocycles. The van der Waals surface area contributed by atoms with Crippen LogP contribution in [0, 0.1) is 0 Å². The van der Waals surface area contributed by atoms with Crippen LogP contribution in [0.15, 0.2) is 0 Å². The molecule has 0 fully saturated rings. The lowest BCUT2D eigenvalue weighted by atomic mass is 10.0. The molecule has 23 nitrogen and oxygen atoms in total. The quantitative estimate of drug-likeness (QED) is 0.0635. The maximum absolute atomic E-state index is 5.71. The second kappa shape index (κ2) is 83.1. The van der Waals surface area contributed by atoms with Gasteiger partial charge in [0.15, 0.2) is 0 Å². The molecule has 0 saturated carbocycles. The second-order valence-corrected chi connectivity index (χ2v) is 19.6.